The topological polar surface area (TPSA) is 160 Å². The Morgan fingerprint density at radius 3 is 2.93 bits per heavy atom. The lowest BCUT2D eigenvalue weighted by Gasteiger charge is -2.49. The van der Waals surface area contributed by atoms with E-state index in [0.717, 1.165) is 33.7 Å². The smallest absolute Gasteiger partial charge is 0.352 e. The van der Waals surface area contributed by atoms with Gasteiger partial charge in [0.2, 0.25) is 5.91 Å². The second kappa shape index (κ2) is 12.7. The number of hydrogen-bond donors (Lipinski definition) is 3. The number of amides is 1. The summed E-state index contributed by atoms with van der Waals surface area (Å²) in [6.07, 6.45) is 1.59. The fourth-order valence-electron chi connectivity index (χ4n) is 4.68. The van der Waals surface area contributed by atoms with Crippen LogP contribution in [-0.2, 0) is 19.2 Å². The van der Waals surface area contributed by atoms with Gasteiger partial charge in [0.05, 0.1) is 16.8 Å². The van der Waals surface area contributed by atoms with Crippen molar-refractivity contribution in [2.75, 3.05) is 42.0 Å². The second-order valence-electron chi connectivity index (χ2n) is 9.09. The molecule has 41 heavy (non-hydrogen) atoms. The van der Waals surface area contributed by atoms with Gasteiger partial charge in [0, 0.05) is 57.9 Å². The van der Waals surface area contributed by atoms with Gasteiger partial charge >= 0.3 is 5.97 Å². The molecule has 0 spiro atoms. The third-order valence-corrected chi connectivity index (χ3v) is 9.87. The van der Waals surface area contributed by atoms with Crippen LogP contribution in [0.1, 0.15) is 12.1 Å². The molecule has 1 saturated heterocycles. The Labute approximate surface area is 252 Å². The number of nitrogens with one attached hydrogen (secondary N) is 1. The van der Waals surface area contributed by atoms with Crippen LogP contribution in [-0.4, -0.2) is 79.6 Å². The molecule has 0 saturated carbocycles. The molecule has 3 aromatic rings. The SMILES string of the molecule is CO/N=C(\C(=O)C[C@@H]1C(=O)N2C(C(=O)O)=C(CSCCNc3ccnc4cc(Cl)ccc34)CS[C@H]12)c1csc(N)n1. The number of carbonyl (C=O) groups excluding carboxylic acids is 2. The molecule has 2 atom stereocenters. The summed E-state index contributed by atoms with van der Waals surface area (Å²) < 4.78 is 0. The van der Waals surface area contributed by atoms with Gasteiger partial charge < -0.3 is 21.0 Å². The largest absolute Gasteiger partial charge is 0.477 e. The highest BCUT2D eigenvalue weighted by atomic mass is 35.5. The van der Waals surface area contributed by atoms with Crippen molar-refractivity contribution in [2.45, 2.75) is 11.8 Å². The first-order chi connectivity index (χ1) is 19.8. The molecule has 0 radical (unpaired) electrons. The van der Waals surface area contributed by atoms with Crippen molar-refractivity contribution in [3.05, 3.63) is 57.8 Å². The van der Waals surface area contributed by atoms with E-state index in [0.29, 0.717) is 28.6 Å². The summed E-state index contributed by atoms with van der Waals surface area (Å²) in [5.74, 6) is -0.980. The number of Topliss-reactive ketones (excluding diaryl/α,β-unsaturated/α-hetero) is 1. The van der Waals surface area contributed by atoms with Crippen LogP contribution in [0.5, 0.6) is 0 Å². The van der Waals surface area contributed by atoms with E-state index < -0.39 is 29.0 Å². The van der Waals surface area contributed by atoms with E-state index in [9.17, 15) is 19.5 Å². The number of carbonyl (C=O) groups is 3. The number of halogens is 1. The molecule has 0 bridgehead atoms. The molecule has 1 amide bonds. The van der Waals surface area contributed by atoms with Crippen LogP contribution >= 0.6 is 46.5 Å². The van der Waals surface area contributed by atoms with Crippen molar-refractivity contribution < 1.29 is 24.3 Å². The molecule has 4 N–H and O–H groups in total. The van der Waals surface area contributed by atoms with Crippen LogP contribution in [0.2, 0.25) is 5.02 Å². The number of nitrogens with zero attached hydrogens (tertiary/aromatic N) is 4. The summed E-state index contributed by atoms with van der Waals surface area (Å²) in [6, 6.07) is 7.45. The summed E-state index contributed by atoms with van der Waals surface area (Å²) >= 11 is 10.3. The number of thioether (sulfide) groups is 2. The average molecular weight is 633 g/mol. The van der Waals surface area contributed by atoms with Crippen LogP contribution in [0.25, 0.3) is 10.9 Å². The first kappa shape index (κ1) is 29.2. The van der Waals surface area contributed by atoms with Gasteiger partial charge in [-0.25, -0.2) is 9.78 Å². The molecular weight excluding hydrogens is 608 g/mol. The van der Waals surface area contributed by atoms with Crippen LogP contribution in [0, 0.1) is 5.92 Å². The van der Waals surface area contributed by atoms with Crippen LogP contribution in [0.3, 0.4) is 0 Å². The van der Waals surface area contributed by atoms with E-state index in [2.05, 4.69) is 20.4 Å². The second-order valence-corrected chi connectivity index (χ2v) is 12.6. The zero-order valence-corrected chi connectivity index (χ0v) is 24.9. The number of β-lactam (4-membered cyclic amide) rings is 1. The number of pyridine rings is 1. The maximum atomic E-state index is 13.1. The Morgan fingerprint density at radius 2 is 2.20 bits per heavy atom. The van der Waals surface area contributed by atoms with Crippen LogP contribution in [0.4, 0.5) is 10.8 Å². The van der Waals surface area contributed by atoms with Gasteiger partial charge in [0.15, 0.2) is 16.6 Å². The molecule has 1 aromatic carbocycles. The van der Waals surface area contributed by atoms with Crippen molar-refractivity contribution >= 4 is 91.6 Å². The molecule has 2 aliphatic heterocycles. The number of carboxylic acids is 1. The fourth-order valence-corrected chi connectivity index (χ4v) is 7.82. The third-order valence-electron chi connectivity index (χ3n) is 6.52. The number of fused-ring (bicyclic) bond motifs is 2. The number of aromatic nitrogens is 2. The van der Waals surface area contributed by atoms with E-state index in [1.54, 1.807) is 23.3 Å². The van der Waals surface area contributed by atoms with Crippen LogP contribution in [0.15, 0.2) is 52.3 Å². The Morgan fingerprint density at radius 1 is 1.37 bits per heavy atom. The highest BCUT2D eigenvalue weighted by Crippen LogP contribution is 2.45. The molecule has 11 nitrogen and oxygen atoms in total. The first-order valence-electron chi connectivity index (χ1n) is 12.4. The lowest BCUT2D eigenvalue weighted by molar-refractivity contribution is -0.153. The van der Waals surface area contributed by atoms with E-state index in [4.69, 9.17) is 22.2 Å². The standard InChI is InChI=1S/C26H25ClN6O5S3/c1-38-32-21(19-12-41-26(28)31-19)20(34)9-16-23(35)33-22(25(36)37)13(11-40-24(16)33)10-39-7-6-30-17-4-5-29-18-8-14(27)2-3-15(17)18/h2-5,8,12,16,24H,6-7,9-11H2,1H3,(H2,28,31)(H,29,30)(H,36,37)/b32-21-/t16-,24-/m1/s1. The highest BCUT2D eigenvalue weighted by molar-refractivity contribution is 8.01. The number of nitrogens with two attached hydrogens (primary N) is 1. The summed E-state index contributed by atoms with van der Waals surface area (Å²) in [7, 11) is 1.31. The number of ketones is 1. The molecular formula is C26H25ClN6O5S3. The molecule has 214 valence electrons. The molecule has 2 aliphatic rings. The molecule has 5 rings (SSSR count). The Balaban J connectivity index is 1.19. The Hall–Kier alpha value is -3.33. The molecule has 2 aromatic heterocycles. The number of benzene rings is 1. The molecule has 4 heterocycles. The van der Waals surface area contributed by atoms with Gasteiger partial charge in [-0.2, -0.15) is 11.8 Å². The molecule has 0 aliphatic carbocycles. The summed E-state index contributed by atoms with van der Waals surface area (Å²) in [4.78, 5) is 52.9. The molecule has 0 unspecified atom stereocenters. The summed E-state index contributed by atoms with van der Waals surface area (Å²) in [5.41, 5.74) is 8.38. The first-order valence-corrected chi connectivity index (χ1v) is 15.9. The number of hydrogen-bond acceptors (Lipinski definition) is 12. The number of oxime groups is 1. The highest BCUT2D eigenvalue weighted by Gasteiger charge is 2.54. The van der Waals surface area contributed by atoms with Crippen molar-refractivity contribution in [2.24, 2.45) is 11.1 Å². The predicted octanol–water partition coefficient (Wildman–Crippen LogP) is 3.95. The van der Waals surface area contributed by atoms with Crippen molar-refractivity contribution in [3.63, 3.8) is 0 Å². The Kier molecular flexibility index (Phi) is 9.02. The average Bonchev–Trinajstić information content (AvgIpc) is 3.39. The minimum absolute atomic E-state index is 0.0120. The van der Waals surface area contributed by atoms with Crippen molar-refractivity contribution in [1.29, 1.82) is 0 Å². The van der Waals surface area contributed by atoms with Crippen molar-refractivity contribution in [3.8, 4) is 0 Å². The number of thiazole rings is 1. The van der Waals surface area contributed by atoms with Gasteiger partial charge in [0.25, 0.3) is 0 Å². The lowest BCUT2D eigenvalue weighted by Crippen LogP contribution is -2.62. The lowest BCUT2D eigenvalue weighted by atomic mass is 9.89. The van der Waals surface area contributed by atoms with Gasteiger partial charge in [-0.1, -0.05) is 16.8 Å². The summed E-state index contributed by atoms with van der Waals surface area (Å²) in [6.45, 7) is 0.653. The number of anilines is 2. The predicted molar refractivity (Wildman–Crippen MR) is 164 cm³/mol. The number of carboxylic acid groups (broad SMARTS) is 1. The summed E-state index contributed by atoms with van der Waals surface area (Å²) in [5, 5.41) is 20.2. The van der Waals surface area contributed by atoms with Gasteiger partial charge in [-0.15, -0.1) is 23.1 Å². The monoisotopic (exact) mass is 632 g/mol. The maximum Gasteiger partial charge on any atom is 0.352 e. The third kappa shape index (κ3) is 6.15. The number of nitrogen functional groups attached to an aromatic ring is 1. The maximum absolute atomic E-state index is 13.1. The quantitative estimate of drug-likeness (QED) is 0.115. The molecule has 15 heteroatoms. The van der Waals surface area contributed by atoms with E-state index in [-0.39, 0.29) is 28.7 Å². The minimum atomic E-state index is -1.15. The van der Waals surface area contributed by atoms with Crippen molar-refractivity contribution in [1.82, 2.24) is 14.9 Å². The number of rotatable bonds is 12. The zero-order valence-electron chi connectivity index (χ0n) is 21.7. The van der Waals surface area contributed by atoms with E-state index >= 15 is 0 Å². The van der Waals surface area contributed by atoms with Gasteiger partial charge in [0.1, 0.15) is 18.5 Å². The normalized spacial score (nSPS) is 18.7. The molecule has 1 fully saturated rings. The zero-order chi connectivity index (χ0) is 29.1. The van der Waals surface area contributed by atoms with E-state index in [1.807, 2.05) is 24.3 Å². The minimum Gasteiger partial charge on any atom is -0.477 e. The fraction of sp³-hybridized carbons (Fsp3) is 0.308. The van der Waals surface area contributed by atoms with Gasteiger partial charge in [-0.05, 0) is 29.8 Å². The van der Waals surface area contributed by atoms with E-state index in [1.165, 1.54) is 23.8 Å². The Bertz CT molecular complexity index is 1580. The van der Waals surface area contributed by atoms with Crippen LogP contribution < -0.4 is 11.1 Å². The number of aliphatic carboxylic acids is 1. The van der Waals surface area contributed by atoms with Gasteiger partial charge in [-0.3, -0.25) is 19.5 Å².